The smallest absolute Gasteiger partial charge is 0.125 e. The number of nitrogens with one attached hydrogen (secondary N) is 1. The topological polar surface area (TPSA) is 48.4 Å². The molecule has 1 aliphatic rings. The predicted molar refractivity (Wildman–Crippen MR) is 68.9 cm³/mol. The van der Waals surface area contributed by atoms with Crippen LogP contribution in [0.5, 0.6) is 0 Å². The van der Waals surface area contributed by atoms with Gasteiger partial charge in [-0.2, -0.15) is 0 Å². The standard InChI is InChI=1S/C13H21N3O/c1-2-14-13-4-3-11(7-15-13)8-16-6-5-12(9-16)10-17/h3-4,7,12,17H,2,5-6,8-10H2,1H3,(H,14,15). The zero-order chi connectivity index (χ0) is 12.1. The first-order valence-corrected chi connectivity index (χ1v) is 6.34. The van der Waals surface area contributed by atoms with E-state index in [1.54, 1.807) is 0 Å². The third-order valence-corrected chi connectivity index (χ3v) is 3.22. The van der Waals surface area contributed by atoms with Crippen molar-refractivity contribution in [3.8, 4) is 0 Å². The molecule has 94 valence electrons. The number of rotatable bonds is 5. The van der Waals surface area contributed by atoms with Crippen molar-refractivity contribution in [2.75, 3.05) is 31.6 Å². The van der Waals surface area contributed by atoms with Crippen LogP contribution in [0.4, 0.5) is 5.82 Å². The van der Waals surface area contributed by atoms with E-state index in [1.807, 2.05) is 12.3 Å². The number of aliphatic hydroxyl groups is 1. The lowest BCUT2D eigenvalue weighted by Gasteiger charge is -2.15. The lowest BCUT2D eigenvalue weighted by atomic mass is 10.1. The average Bonchev–Trinajstić information content (AvgIpc) is 2.80. The highest BCUT2D eigenvalue weighted by Crippen LogP contribution is 2.18. The maximum absolute atomic E-state index is 9.10. The summed E-state index contributed by atoms with van der Waals surface area (Å²) in [4.78, 5) is 6.74. The molecule has 2 N–H and O–H groups in total. The second-order valence-corrected chi connectivity index (χ2v) is 4.65. The number of hydrogen-bond acceptors (Lipinski definition) is 4. The van der Waals surface area contributed by atoms with Gasteiger partial charge in [-0.1, -0.05) is 6.07 Å². The van der Waals surface area contributed by atoms with E-state index in [1.165, 1.54) is 5.56 Å². The van der Waals surface area contributed by atoms with E-state index in [0.717, 1.165) is 38.4 Å². The molecule has 17 heavy (non-hydrogen) atoms. The van der Waals surface area contributed by atoms with E-state index in [2.05, 4.69) is 28.2 Å². The molecule has 1 aliphatic heterocycles. The van der Waals surface area contributed by atoms with E-state index in [4.69, 9.17) is 5.11 Å². The number of likely N-dealkylation sites (tertiary alicyclic amines) is 1. The first kappa shape index (κ1) is 12.3. The first-order valence-electron chi connectivity index (χ1n) is 6.34. The lowest BCUT2D eigenvalue weighted by molar-refractivity contribution is 0.220. The van der Waals surface area contributed by atoms with Crippen molar-refractivity contribution in [3.63, 3.8) is 0 Å². The van der Waals surface area contributed by atoms with Gasteiger partial charge in [-0.15, -0.1) is 0 Å². The number of aliphatic hydroxyl groups excluding tert-OH is 1. The Labute approximate surface area is 103 Å². The molecule has 2 rings (SSSR count). The highest BCUT2D eigenvalue weighted by Gasteiger charge is 2.21. The zero-order valence-corrected chi connectivity index (χ0v) is 10.4. The van der Waals surface area contributed by atoms with Gasteiger partial charge in [-0.3, -0.25) is 4.90 Å². The Kier molecular flexibility index (Phi) is 4.34. The van der Waals surface area contributed by atoms with Crippen LogP contribution in [0.2, 0.25) is 0 Å². The quantitative estimate of drug-likeness (QED) is 0.808. The molecule has 0 spiro atoms. The molecule has 1 saturated heterocycles. The fraction of sp³-hybridized carbons (Fsp3) is 0.615. The number of hydrogen-bond donors (Lipinski definition) is 2. The minimum absolute atomic E-state index is 0.314. The molecule has 0 aliphatic carbocycles. The average molecular weight is 235 g/mol. The maximum Gasteiger partial charge on any atom is 0.125 e. The normalized spacial score (nSPS) is 20.7. The van der Waals surface area contributed by atoms with Crippen molar-refractivity contribution < 1.29 is 5.11 Å². The molecule has 1 unspecified atom stereocenters. The molecule has 1 aromatic heterocycles. The van der Waals surface area contributed by atoms with Gasteiger partial charge in [0.05, 0.1) is 0 Å². The van der Waals surface area contributed by atoms with Crippen LogP contribution >= 0.6 is 0 Å². The van der Waals surface area contributed by atoms with Crippen molar-refractivity contribution in [1.82, 2.24) is 9.88 Å². The second kappa shape index (κ2) is 5.98. The maximum atomic E-state index is 9.10. The highest BCUT2D eigenvalue weighted by atomic mass is 16.3. The first-order chi connectivity index (χ1) is 8.31. The Morgan fingerprint density at radius 2 is 2.41 bits per heavy atom. The zero-order valence-electron chi connectivity index (χ0n) is 10.4. The number of aromatic nitrogens is 1. The minimum atomic E-state index is 0.314. The Balaban J connectivity index is 1.86. The molecule has 2 heterocycles. The van der Waals surface area contributed by atoms with Gasteiger partial charge in [0.25, 0.3) is 0 Å². The summed E-state index contributed by atoms with van der Waals surface area (Å²) < 4.78 is 0. The minimum Gasteiger partial charge on any atom is -0.396 e. The van der Waals surface area contributed by atoms with E-state index in [0.29, 0.717) is 12.5 Å². The largest absolute Gasteiger partial charge is 0.396 e. The SMILES string of the molecule is CCNc1ccc(CN2CCC(CO)C2)cn1. The molecule has 0 aromatic carbocycles. The van der Waals surface area contributed by atoms with Crippen molar-refractivity contribution in [1.29, 1.82) is 0 Å². The van der Waals surface area contributed by atoms with Gasteiger partial charge >= 0.3 is 0 Å². The molecule has 0 bridgehead atoms. The highest BCUT2D eigenvalue weighted by molar-refractivity contribution is 5.35. The van der Waals surface area contributed by atoms with Gasteiger partial charge in [0.1, 0.15) is 5.82 Å². The van der Waals surface area contributed by atoms with Crippen LogP contribution in [0.1, 0.15) is 18.9 Å². The van der Waals surface area contributed by atoms with Crippen LogP contribution in [-0.4, -0.2) is 41.2 Å². The van der Waals surface area contributed by atoms with Crippen LogP contribution in [0, 0.1) is 5.92 Å². The summed E-state index contributed by atoms with van der Waals surface area (Å²) in [5.74, 6) is 1.40. The number of anilines is 1. The third-order valence-electron chi connectivity index (χ3n) is 3.22. The fourth-order valence-electron chi connectivity index (χ4n) is 2.27. The van der Waals surface area contributed by atoms with Crippen molar-refractivity contribution in [2.24, 2.45) is 5.92 Å². The summed E-state index contributed by atoms with van der Waals surface area (Å²) >= 11 is 0. The summed E-state index contributed by atoms with van der Waals surface area (Å²) in [5.41, 5.74) is 1.24. The van der Waals surface area contributed by atoms with Crippen molar-refractivity contribution in [3.05, 3.63) is 23.9 Å². The van der Waals surface area contributed by atoms with E-state index in [-0.39, 0.29) is 0 Å². The van der Waals surface area contributed by atoms with Gasteiger partial charge in [0, 0.05) is 32.4 Å². The molecular weight excluding hydrogens is 214 g/mol. The fourth-order valence-corrected chi connectivity index (χ4v) is 2.27. The molecule has 4 nitrogen and oxygen atoms in total. The van der Waals surface area contributed by atoms with Crippen LogP contribution in [0.15, 0.2) is 18.3 Å². The van der Waals surface area contributed by atoms with Crippen LogP contribution in [-0.2, 0) is 6.54 Å². The van der Waals surface area contributed by atoms with Crippen LogP contribution in [0.3, 0.4) is 0 Å². The van der Waals surface area contributed by atoms with Crippen molar-refractivity contribution >= 4 is 5.82 Å². The lowest BCUT2D eigenvalue weighted by Crippen LogP contribution is -2.21. The third kappa shape index (κ3) is 3.41. The summed E-state index contributed by atoms with van der Waals surface area (Å²) in [7, 11) is 0. The van der Waals surface area contributed by atoms with Gasteiger partial charge in [-0.05, 0) is 37.4 Å². The van der Waals surface area contributed by atoms with Gasteiger partial charge in [0.2, 0.25) is 0 Å². The monoisotopic (exact) mass is 235 g/mol. The van der Waals surface area contributed by atoms with E-state index in [9.17, 15) is 0 Å². The second-order valence-electron chi connectivity index (χ2n) is 4.65. The molecule has 4 heteroatoms. The van der Waals surface area contributed by atoms with Gasteiger partial charge in [0.15, 0.2) is 0 Å². The summed E-state index contributed by atoms with van der Waals surface area (Å²) in [6.45, 7) is 6.31. The van der Waals surface area contributed by atoms with Gasteiger partial charge in [-0.25, -0.2) is 4.98 Å². The summed E-state index contributed by atoms with van der Waals surface area (Å²) in [5, 5.41) is 12.3. The Bertz CT molecular complexity index is 339. The number of pyridine rings is 1. The Morgan fingerprint density at radius 3 is 3.00 bits per heavy atom. The molecule has 1 aromatic rings. The summed E-state index contributed by atoms with van der Waals surface area (Å²) in [6, 6.07) is 4.15. The Morgan fingerprint density at radius 1 is 1.53 bits per heavy atom. The van der Waals surface area contributed by atoms with Crippen LogP contribution in [0.25, 0.3) is 0 Å². The van der Waals surface area contributed by atoms with Gasteiger partial charge < -0.3 is 10.4 Å². The molecule has 0 radical (unpaired) electrons. The van der Waals surface area contributed by atoms with E-state index < -0.39 is 0 Å². The number of nitrogens with zero attached hydrogens (tertiary/aromatic N) is 2. The molecule has 0 saturated carbocycles. The summed E-state index contributed by atoms with van der Waals surface area (Å²) in [6.07, 6.45) is 3.05. The van der Waals surface area contributed by atoms with E-state index >= 15 is 0 Å². The molecule has 1 fully saturated rings. The molecular formula is C13H21N3O. The van der Waals surface area contributed by atoms with Crippen molar-refractivity contribution in [2.45, 2.75) is 19.9 Å². The molecule has 0 amide bonds. The molecule has 1 atom stereocenters. The van der Waals surface area contributed by atoms with Crippen LogP contribution < -0.4 is 5.32 Å². The Hall–Kier alpha value is -1.13. The predicted octanol–water partition coefficient (Wildman–Crippen LogP) is 1.33.